The number of benzene rings is 2. The quantitative estimate of drug-likeness (QED) is 0.605. The van der Waals surface area contributed by atoms with Gasteiger partial charge >= 0.3 is 0 Å². The molecule has 0 bridgehead atoms. The van der Waals surface area contributed by atoms with Crippen molar-refractivity contribution in [1.82, 2.24) is 0 Å². The van der Waals surface area contributed by atoms with Gasteiger partial charge in [0.25, 0.3) is 0 Å². The summed E-state index contributed by atoms with van der Waals surface area (Å²) in [6.07, 6.45) is 7.00. The molecule has 22 heavy (non-hydrogen) atoms. The number of allylic oxidation sites excluding steroid dienone is 1. The maximum absolute atomic E-state index is 13.0. The molecule has 0 saturated heterocycles. The van der Waals surface area contributed by atoms with Crippen molar-refractivity contribution in [2.45, 2.75) is 31.6 Å². The maximum atomic E-state index is 13.0. The molecule has 114 valence electrons. The first-order valence-electron chi connectivity index (χ1n) is 7.89. The van der Waals surface area contributed by atoms with E-state index in [2.05, 4.69) is 30.3 Å². The van der Waals surface area contributed by atoms with Crippen LogP contribution in [0.5, 0.6) is 0 Å². The summed E-state index contributed by atoms with van der Waals surface area (Å²) in [4.78, 5) is 0. The molecule has 0 N–H and O–H groups in total. The SMILES string of the molecule is Fc1ccc(-c2ccc(C3CCC(C=CCl)CC3)cc2)cc1. The van der Waals surface area contributed by atoms with Gasteiger partial charge in [-0.1, -0.05) is 54.1 Å². The number of hydrogen-bond acceptors (Lipinski definition) is 0. The van der Waals surface area contributed by atoms with Gasteiger partial charge in [-0.3, -0.25) is 0 Å². The zero-order valence-corrected chi connectivity index (χ0v) is 13.3. The lowest BCUT2D eigenvalue weighted by molar-refractivity contribution is 0.376. The molecule has 1 aliphatic carbocycles. The zero-order valence-electron chi connectivity index (χ0n) is 12.5. The minimum atomic E-state index is -0.192. The van der Waals surface area contributed by atoms with Crippen LogP contribution in [0.2, 0.25) is 0 Å². The molecular formula is C20H20ClF. The molecule has 0 atom stereocenters. The van der Waals surface area contributed by atoms with E-state index in [4.69, 9.17) is 11.6 Å². The van der Waals surface area contributed by atoms with E-state index < -0.39 is 0 Å². The highest BCUT2D eigenvalue weighted by atomic mass is 35.5. The van der Waals surface area contributed by atoms with Crippen LogP contribution in [0.15, 0.2) is 60.1 Å². The third kappa shape index (κ3) is 3.59. The molecule has 2 aromatic rings. The van der Waals surface area contributed by atoms with Crippen molar-refractivity contribution >= 4 is 11.6 Å². The summed E-state index contributed by atoms with van der Waals surface area (Å²) in [5.74, 6) is 1.11. The largest absolute Gasteiger partial charge is 0.207 e. The van der Waals surface area contributed by atoms with Crippen LogP contribution in [0, 0.1) is 11.7 Å². The van der Waals surface area contributed by atoms with Gasteiger partial charge in [-0.05, 0) is 66.3 Å². The normalized spacial score (nSPS) is 22.1. The van der Waals surface area contributed by atoms with Crippen LogP contribution in [-0.4, -0.2) is 0 Å². The molecule has 0 amide bonds. The van der Waals surface area contributed by atoms with Crippen LogP contribution in [0.25, 0.3) is 11.1 Å². The molecule has 3 rings (SSSR count). The summed E-state index contributed by atoms with van der Waals surface area (Å²) < 4.78 is 13.0. The third-order valence-corrected chi connectivity index (χ3v) is 4.82. The van der Waals surface area contributed by atoms with Crippen LogP contribution >= 0.6 is 11.6 Å². The third-order valence-electron chi connectivity index (χ3n) is 4.68. The molecule has 0 spiro atoms. The van der Waals surface area contributed by atoms with Crippen LogP contribution < -0.4 is 0 Å². The molecule has 0 aliphatic heterocycles. The summed E-state index contributed by atoms with van der Waals surface area (Å²) in [6.45, 7) is 0. The molecule has 2 aromatic carbocycles. The minimum Gasteiger partial charge on any atom is -0.207 e. The van der Waals surface area contributed by atoms with Crippen LogP contribution in [-0.2, 0) is 0 Å². The van der Waals surface area contributed by atoms with Gasteiger partial charge in [0.2, 0.25) is 0 Å². The van der Waals surface area contributed by atoms with Gasteiger partial charge in [-0.2, -0.15) is 0 Å². The molecule has 1 saturated carbocycles. The number of rotatable bonds is 3. The monoisotopic (exact) mass is 314 g/mol. The van der Waals surface area contributed by atoms with Crippen molar-refractivity contribution in [2.75, 3.05) is 0 Å². The van der Waals surface area contributed by atoms with E-state index in [0.29, 0.717) is 11.8 Å². The van der Waals surface area contributed by atoms with Crippen LogP contribution in [0.4, 0.5) is 4.39 Å². The highest BCUT2D eigenvalue weighted by Gasteiger charge is 2.20. The lowest BCUT2D eigenvalue weighted by Crippen LogP contribution is -2.11. The van der Waals surface area contributed by atoms with Gasteiger partial charge in [0, 0.05) is 5.54 Å². The standard InChI is InChI=1S/C20H20ClF/c21-14-13-15-1-3-16(4-2-15)17-5-7-18(8-6-17)19-9-11-20(22)12-10-19/h5-16H,1-4H2. The Morgan fingerprint density at radius 1 is 0.818 bits per heavy atom. The van der Waals surface area contributed by atoms with Gasteiger partial charge in [0.05, 0.1) is 0 Å². The Morgan fingerprint density at radius 3 is 1.91 bits per heavy atom. The Balaban J connectivity index is 1.68. The van der Waals surface area contributed by atoms with Gasteiger partial charge in [0.1, 0.15) is 5.82 Å². The Hall–Kier alpha value is -1.60. The van der Waals surface area contributed by atoms with Gasteiger partial charge in [-0.25, -0.2) is 4.39 Å². The molecule has 0 radical (unpaired) electrons. The van der Waals surface area contributed by atoms with E-state index in [1.54, 1.807) is 5.54 Å². The summed E-state index contributed by atoms with van der Waals surface area (Å²) >= 11 is 5.67. The Labute approximate surface area is 136 Å². The van der Waals surface area contributed by atoms with Gasteiger partial charge in [0.15, 0.2) is 0 Å². The van der Waals surface area contributed by atoms with E-state index in [1.807, 2.05) is 12.1 Å². The fourth-order valence-electron chi connectivity index (χ4n) is 3.34. The zero-order chi connectivity index (χ0) is 15.4. The fourth-order valence-corrected chi connectivity index (χ4v) is 3.54. The van der Waals surface area contributed by atoms with Gasteiger partial charge in [-0.15, -0.1) is 0 Å². The topological polar surface area (TPSA) is 0 Å². The van der Waals surface area contributed by atoms with Crippen molar-refractivity contribution < 1.29 is 4.39 Å². The molecule has 2 heteroatoms. The second-order valence-electron chi connectivity index (χ2n) is 6.06. The lowest BCUT2D eigenvalue weighted by atomic mass is 9.78. The molecule has 1 fully saturated rings. The van der Waals surface area contributed by atoms with Crippen molar-refractivity contribution in [3.05, 3.63) is 71.5 Å². The summed E-state index contributed by atoms with van der Waals surface area (Å²) in [5.41, 5.74) is 5.27. The van der Waals surface area contributed by atoms with Crippen LogP contribution in [0.1, 0.15) is 37.2 Å². The van der Waals surface area contributed by atoms with E-state index in [9.17, 15) is 4.39 Å². The molecule has 0 heterocycles. The Bertz CT molecular complexity index is 620. The molecule has 0 nitrogen and oxygen atoms in total. The number of hydrogen-bond donors (Lipinski definition) is 0. The summed E-state index contributed by atoms with van der Waals surface area (Å²) in [6, 6.07) is 15.4. The first-order valence-corrected chi connectivity index (χ1v) is 8.32. The average molecular weight is 315 g/mol. The maximum Gasteiger partial charge on any atom is 0.123 e. The minimum absolute atomic E-state index is 0.192. The Kier molecular flexibility index (Phi) is 4.94. The van der Waals surface area contributed by atoms with Crippen molar-refractivity contribution in [2.24, 2.45) is 5.92 Å². The summed E-state index contributed by atoms with van der Waals surface area (Å²) in [7, 11) is 0. The number of halogens is 2. The second kappa shape index (κ2) is 7.11. The Morgan fingerprint density at radius 2 is 1.36 bits per heavy atom. The van der Waals surface area contributed by atoms with Crippen LogP contribution in [0.3, 0.4) is 0 Å². The smallest absolute Gasteiger partial charge is 0.123 e. The van der Waals surface area contributed by atoms with E-state index >= 15 is 0 Å². The van der Waals surface area contributed by atoms with Gasteiger partial charge < -0.3 is 0 Å². The average Bonchev–Trinajstić information content (AvgIpc) is 2.57. The first kappa shape index (κ1) is 15.3. The predicted molar refractivity (Wildman–Crippen MR) is 91.5 cm³/mol. The van der Waals surface area contributed by atoms with E-state index in [-0.39, 0.29) is 5.82 Å². The second-order valence-corrected chi connectivity index (χ2v) is 6.31. The molecule has 1 aliphatic rings. The molecular weight excluding hydrogens is 295 g/mol. The molecule has 0 unspecified atom stereocenters. The van der Waals surface area contributed by atoms with E-state index in [0.717, 1.165) is 11.1 Å². The predicted octanol–water partition coefficient (Wildman–Crippen LogP) is 6.52. The van der Waals surface area contributed by atoms with E-state index in [1.165, 1.54) is 43.4 Å². The highest BCUT2D eigenvalue weighted by Crippen LogP contribution is 2.37. The highest BCUT2D eigenvalue weighted by molar-refractivity contribution is 6.25. The fraction of sp³-hybridized carbons (Fsp3) is 0.300. The van der Waals surface area contributed by atoms with Crippen molar-refractivity contribution in [3.8, 4) is 11.1 Å². The summed E-state index contributed by atoms with van der Waals surface area (Å²) in [5, 5.41) is 0. The van der Waals surface area contributed by atoms with Crippen molar-refractivity contribution in [3.63, 3.8) is 0 Å². The first-order chi connectivity index (χ1) is 10.8. The lowest BCUT2D eigenvalue weighted by Gasteiger charge is -2.27. The van der Waals surface area contributed by atoms with Crippen molar-refractivity contribution in [1.29, 1.82) is 0 Å². The molecule has 0 aromatic heterocycles.